The van der Waals surface area contributed by atoms with Gasteiger partial charge in [-0.3, -0.25) is 4.90 Å². The van der Waals surface area contributed by atoms with Crippen LogP contribution in [0.2, 0.25) is 0 Å². The molecule has 1 saturated heterocycles. The number of phenolic OH excluding ortho intramolecular Hbond substituents is 1. The fourth-order valence-corrected chi connectivity index (χ4v) is 2.56. The number of hydrogen-bond acceptors (Lipinski definition) is 4. The van der Waals surface area contributed by atoms with Crippen molar-refractivity contribution in [3.8, 4) is 5.75 Å². The first-order valence-corrected chi connectivity index (χ1v) is 7.17. The molecular weight excluding hydrogens is 275 g/mol. The number of rotatable bonds is 3. The summed E-state index contributed by atoms with van der Waals surface area (Å²) in [5.74, 6) is -0.481. The summed E-state index contributed by atoms with van der Waals surface area (Å²) in [5, 5.41) is 9.26. The molecule has 0 bridgehead atoms. The maximum atomic E-state index is 13.9. The van der Waals surface area contributed by atoms with Crippen molar-refractivity contribution in [2.45, 2.75) is 19.9 Å². The highest BCUT2D eigenvalue weighted by Crippen LogP contribution is 2.26. The Morgan fingerprint density at radius 2 is 2.05 bits per heavy atom. The minimum Gasteiger partial charge on any atom is -0.508 e. The van der Waals surface area contributed by atoms with Crippen LogP contribution in [-0.2, 0) is 4.74 Å². The number of amides is 1. The van der Waals surface area contributed by atoms with Crippen molar-refractivity contribution < 1.29 is 19.0 Å². The topological polar surface area (TPSA) is 53.0 Å². The summed E-state index contributed by atoms with van der Waals surface area (Å²) < 4.78 is 18.9. The fourth-order valence-electron chi connectivity index (χ4n) is 2.56. The van der Waals surface area contributed by atoms with E-state index in [1.54, 1.807) is 17.9 Å². The van der Waals surface area contributed by atoms with Gasteiger partial charge in [0.2, 0.25) is 0 Å². The Morgan fingerprint density at radius 1 is 1.38 bits per heavy atom. The third-order valence-corrected chi connectivity index (χ3v) is 3.82. The SMILES string of the molecule is CCOC(=O)N1CCN(C(C)c2ccc(O)cc2F)CC1. The molecule has 1 aromatic rings. The molecule has 0 aliphatic carbocycles. The summed E-state index contributed by atoms with van der Waals surface area (Å²) in [6.45, 7) is 6.56. The highest BCUT2D eigenvalue weighted by atomic mass is 19.1. The predicted octanol–water partition coefficient (Wildman–Crippen LogP) is 2.37. The zero-order valence-electron chi connectivity index (χ0n) is 12.4. The number of nitrogens with zero attached hydrogens (tertiary/aromatic N) is 2. The average Bonchev–Trinajstić information content (AvgIpc) is 2.47. The smallest absolute Gasteiger partial charge is 0.409 e. The first-order chi connectivity index (χ1) is 10.0. The van der Waals surface area contributed by atoms with Crippen molar-refractivity contribution in [3.05, 3.63) is 29.6 Å². The lowest BCUT2D eigenvalue weighted by Crippen LogP contribution is -2.49. The van der Waals surface area contributed by atoms with Crippen molar-refractivity contribution in [2.75, 3.05) is 32.8 Å². The van der Waals surface area contributed by atoms with Gasteiger partial charge < -0.3 is 14.7 Å². The fraction of sp³-hybridized carbons (Fsp3) is 0.533. The van der Waals surface area contributed by atoms with Crippen LogP contribution in [0.1, 0.15) is 25.5 Å². The van der Waals surface area contributed by atoms with Crippen LogP contribution in [-0.4, -0.2) is 53.8 Å². The molecule has 1 heterocycles. The molecular formula is C15H21FN2O3. The van der Waals surface area contributed by atoms with Crippen molar-refractivity contribution in [2.24, 2.45) is 0 Å². The molecule has 116 valence electrons. The maximum absolute atomic E-state index is 13.9. The zero-order chi connectivity index (χ0) is 15.4. The Balaban J connectivity index is 1.97. The Hall–Kier alpha value is -1.82. The Morgan fingerprint density at radius 3 is 2.62 bits per heavy atom. The third-order valence-electron chi connectivity index (χ3n) is 3.82. The molecule has 1 aromatic carbocycles. The molecule has 0 radical (unpaired) electrons. The van der Waals surface area contributed by atoms with E-state index in [9.17, 15) is 14.3 Å². The largest absolute Gasteiger partial charge is 0.508 e. The molecule has 1 aliphatic heterocycles. The first-order valence-electron chi connectivity index (χ1n) is 7.17. The lowest BCUT2D eigenvalue weighted by Gasteiger charge is -2.37. The number of ether oxygens (including phenoxy) is 1. The second-order valence-electron chi connectivity index (χ2n) is 5.10. The van der Waals surface area contributed by atoms with Gasteiger partial charge in [-0.25, -0.2) is 9.18 Å². The molecule has 1 atom stereocenters. The number of aromatic hydroxyl groups is 1. The number of carbonyl (C=O) groups is 1. The van der Waals surface area contributed by atoms with E-state index < -0.39 is 5.82 Å². The Kier molecular flexibility index (Phi) is 5.01. The van der Waals surface area contributed by atoms with Gasteiger partial charge >= 0.3 is 6.09 Å². The zero-order valence-corrected chi connectivity index (χ0v) is 12.4. The van der Waals surface area contributed by atoms with Gasteiger partial charge in [-0.1, -0.05) is 6.07 Å². The van der Waals surface area contributed by atoms with E-state index >= 15 is 0 Å². The van der Waals surface area contributed by atoms with Gasteiger partial charge in [0.1, 0.15) is 11.6 Å². The quantitative estimate of drug-likeness (QED) is 0.930. The molecule has 21 heavy (non-hydrogen) atoms. The number of benzene rings is 1. The van der Waals surface area contributed by atoms with E-state index in [1.165, 1.54) is 6.07 Å². The lowest BCUT2D eigenvalue weighted by molar-refractivity contribution is 0.0680. The predicted molar refractivity (Wildman–Crippen MR) is 76.6 cm³/mol. The molecule has 6 heteroatoms. The summed E-state index contributed by atoms with van der Waals surface area (Å²) in [6, 6.07) is 4.12. The molecule has 0 aromatic heterocycles. The summed E-state index contributed by atoms with van der Waals surface area (Å²) in [5.41, 5.74) is 0.553. The molecule has 0 spiro atoms. The highest BCUT2D eigenvalue weighted by Gasteiger charge is 2.26. The van der Waals surface area contributed by atoms with Gasteiger partial charge in [0, 0.05) is 43.9 Å². The van der Waals surface area contributed by atoms with Crippen molar-refractivity contribution >= 4 is 6.09 Å². The van der Waals surface area contributed by atoms with Crippen LogP contribution in [0.4, 0.5) is 9.18 Å². The van der Waals surface area contributed by atoms with Crippen LogP contribution in [0.25, 0.3) is 0 Å². The standard InChI is InChI=1S/C15H21FN2O3/c1-3-21-15(20)18-8-6-17(7-9-18)11(2)13-5-4-12(19)10-14(13)16/h4-5,10-11,19H,3,6-9H2,1-2H3. The van der Waals surface area contributed by atoms with Crippen LogP contribution in [0.5, 0.6) is 5.75 Å². The minimum absolute atomic E-state index is 0.0735. The number of carbonyl (C=O) groups excluding carboxylic acids is 1. The normalized spacial score (nSPS) is 17.6. The van der Waals surface area contributed by atoms with Gasteiger partial charge in [0.05, 0.1) is 6.61 Å². The molecule has 1 aliphatic rings. The van der Waals surface area contributed by atoms with Crippen molar-refractivity contribution in [3.63, 3.8) is 0 Å². The number of hydrogen-bond donors (Lipinski definition) is 1. The molecule has 0 saturated carbocycles. The highest BCUT2D eigenvalue weighted by molar-refractivity contribution is 5.67. The van der Waals surface area contributed by atoms with E-state index in [2.05, 4.69) is 4.90 Å². The molecule has 5 nitrogen and oxygen atoms in total. The van der Waals surface area contributed by atoms with Gasteiger partial charge in [-0.15, -0.1) is 0 Å². The van der Waals surface area contributed by atoms with E-state index in [0.717, 1.165) is 6.07 Å². The van der Waals surface area contributed by atoms with Gasteiger partial charge in [-0.2, -0.15) is 0 Å². The van der Waals surface area contributed by atoms with Crippen LogP contribution in [0.15, 0.2) is 18.2 Å². The molecule has 1 N–H and O–H groups in total. The van der Waals surface area contributed by atoms with Gasteiger partial charge in [0.25, 0.3) is 0 Å². The Bertz CT molecular complexity index is 502. The molecule has 2 rings (SSSR count). The summed E-state index contributed by atoms with van der Waals surface area (Å²) in [7, 11) is 0. The molecule has 1 fully saturated rings. The van der Waals surface area contributed by atoms with Gasteiger partial charge in [0.15, 0.2) is 0 Å². The minimum atomic E-state index is -0.407. The number of halogens is 1. The average molecular weight is 296 g/mol. The van der Waals surface area contributed by atoms with Crippen LogP contribution >= 0.6 is 0 Å². The summed E-state index contributed by atoms with van der Waals surface area (Å²) in [6.07, 6.45) is -0.291. The van der Waals surface area contributed by atoms with Crippen LogP contribution in [0, 0.1) is 5.82 Å². The third kappa shape index (κ3) is 3.64. The van der Waals surface area contributed by atoms with E-state index in [4.69, 9.17) is 4.74 Å². The monoisotopic (exact) mass is 296 g/mol. The van der Waals surface area contributed by atoms with E-state index in [1.807, 2.05) is 6.92 Å². The van der Waals surface area contributed by atoms with E-state index in [-0.39, 0.29) is 17.9 Å². The molecule has 1 unspecified atom stereocenters. The summed E-state index contributed by atoms with van der Waals surface area (Å²) >= 11 is 0. The first kappa shape index (κ1) is 15.6. The second-order valence-corrected chi connectivity index (χ2v) is 5.10. The van der Waals surface area contributed by atoms with Crippen molar-refractivity contribution in [1.29, 1.82) is 0 Å². The lowest BCUT2D eigenvalue weighted by atomic mass is 10.1. The molecule has 1 amide bonds. The maximum Gasteiger partial charge on any atom is 0.409 e. The van der Waals surface area contributed by atoms with Crippen LogP contribution in [0.3, 0.4) is 0 Å². The van der Waals surface area contributed by atoms with Crippen LogP contribution < -0.4 is 0 Å². The number of piperazine rings is 1. The van der Waals surface area contributed by atoms with E-state index in [0.29, 0.717) is 38.3 Å². The summed E-state index contributed by atoms with van der Waals surface area (Å²) in [4.78, 5) is 15.4. The second kappa shape index (κ2) is 6.76. The van der Waals surface area contributed by atoms with Crippen molar-refractivity contribution in [1.82, 2.24) is 9.80 Å². The number of phenols is 1. The van der Waals surface area contributed by atoms with Gasteiger partial charge in [-0.05, 0) is 19.9 Å². The Labute approximate surface area is 123 Å².